The van der Waals surface area contributed by atoms with E-state index in [0.717, 1.165) is 49.2 Å². The quantitative estimate of drug-likeness (QED) is 0.921. The van der Waals surface area contributed by atoms with Crippen molar-refractivity contribution in [2.75, 3.05) is 0 Å². The van der Waals surface area contributed by atoms with E-state index in [1.54, 1.807) is 0 Å². The monoisotopic (exact) mass is 276 g/mol. The van der Waals surface area contributed by atoms with Crippen molar-refractivity contribution in [3.05, 3.63) is 11.7 Å². The van der Waals surface area contributed by atoms with Crippen LogP contribution in [0.4, 0.5) is 0 Å². The summed E-state index contributed by atoms with van der Waals surface area (Å²) >= 11 is 0. The van der Waals surface area contributed by atoms with Crippen molar-refractivity contribution < 1.29 is 9.63 Å². The molecule has 3 saturated carbocycles. The number of aromatic nitrogens is 2. The van der Waals surface area contributed by atoms with Crippen molar-refractivity contribution in [2.45, 2.75) is 69.8 Å². The molecule has 5 atom stereocenters. The minimum absolute atomic E-state index is 0.179. The number of hydrogen-bond acceptors (Lipinski definition) is 4. The second-order valence-electron chi connectivity index (χ2n) is 7.14. The first-order valence-electron chi connectivity index (χ1n) is 8.30. The fourth-order valence-corrected chi connectivity index (χ4v) is 4.71. The second-order valence-corrected chi connectivity index (χ2v) is 7.14. The van der Waals surface area contributed by atoms with E-state index in [-0.39, 0.29) is 6.10 Å². The molecule has 4 rings (SSSR count). The maximum atomic E-state index is 10.0. The van der Waals surface area contributed by atoms with Crippen LogP contribution < -0.4 is 0 Å². The molecule has 3 fully saturated rings. The standard InChI is InChI=1S/C16H24N2O2/c19-14-4-2-1-3-12(14)9-15-17-16(18-20-15)13-8-10-5-6-11(13)7-10/h10-14,19H,1-9H2. The first-order valence-corrected chi connectivity index (χ1v) is 8.30. The van der Waals surface area contributed by atoms with Crippen LogP contribution in [-0.2, 0) is 6.42 Å². The summed E-state index contributed by atoms with van der Waals surface area (Å²) in [7, 11) is 0. The Bertz CT molecular complexity index is 473. The van der Waals surface area contributed by atoms with Crippen LogP contribution >= 0.6 is 0 Å². The van der Waals surface area contributed by atoms with Gasteiger partial charge in [0.2, 0.25) is 5.89 Å². The molecule has 4 nitrogen and oxygen atoms in total. The predicted molar refractivity (Wildman–Crippen MR) is 74.2 cm³/mol. The lowest BCUT2D eigenvalue weighted by Crippen LogP contribution is -2.26. The van der Waals surface area contributed by atoms with Gasteiger partial charge in [-0.1, -0.05) is 24.4 Å². The molecule has 20 heavy (non-hydrogen) atoms. The molecule has 0 saturated heterocycles. The first kappa shape index (κ1) is 12.8. The van der Waals surface area contributed by atoms with Crippen LogP contribution in [0.15, 0.2) is 4.52 Å². The van der Waals surface area contributed by atoms with E-state index in [4.69, 9.17) is 4.52 Å². The Labute approximate surface area is 120 Å². The molecule has 5 unspecified atom stereocenters. The third kappa shape index (κ3) is 2.28. The van der Waals surface area contributed by atoms with E-state index in [9.17, 15) is 5.11 Å². The summed E-state index contributed by atoms with van der Waals surface area (Å²) < 4.78 is 5.46. The van der Waals surface area contributed by atoms with Gasteiger partial charge in [-0.05, 0) is 49.9 Å². The molecule has 110 valence electrons. The highest BCUT2D eigenvalue weighted by atomic mass is 16.5. The molecular weight excluding hydrogens is 252 g/mol. The molecule has 1 N–H and O–H groups in total. The lowest BCUT2D eigenvalue weighted by atomic mass is 9.84. The number of hydrogen-bond donors (Lipinski definition) is 1. The van der Waals surface area contributed by atoms with E-state index in [1.807, 2.05) is 0 Å². The van der Waals surface area contributed by atoms with Crippen LogP contribution in [-0.4, -0.2) is 21.4 Å². The van der Waals surface area contributed by atoms with Crippen LogP contribution in [0, 0.1) is 17.8 Å². The molecule has 2 bridgehead atoms. The van der Waals surface area contributed by atoms with Gasteiger partial charge in [-0.15, -0.1) is 0 Å². The SMILES string of the molecule is OC1CCCCC1Cc1nc(C2CC3CCC2C3)no1. The smallest absolute Gasteiger partial charge is 0.227 e. The van der Waals surface area contributed by atoms with Crippen molar-refractivity contribution in [3.63, 3.8) is 0 Å². The van der Waals surface area contributed by atoms with Gasteiger partial charge in [0.05, 0.1) is 6.10 Å². The summed E-state index contributed by atoms with van der Waals surface area (Å²) in [6.07, 6.45) is 10.3. The topological polar surface area (TPSA) is 59.2 Å². The molecule has 0 aliphatic heterocycles. The van der Waals surface area contributed by atoms with Gasteiger partial charge in [-0.25, -0.2) is 0 Å². The highest BCUT2D eigenvalue weighted by Crippen LogP contribution is 2.52. The Hall–Kier alpha value is -0.900. The zero-order valence-corrected chi connectivity index (χ0v) is 12.0. The van der Waals surface area contributed by atoms with Crippen molar-refractivity contribution in [1.29, 1.82) is 0 Å². The van der Waals surface area contributed by atoms with Gasteiger partial charge in [0.1, 0.15) is 0 Å². The van der Waals surface area contributed by atoms with Gasteiger partial charge in [0, 0.05) is 12.3 Å². The Balaban J connectivity index is 1.43. The van der Waals surface area contributed by atoms with Crippen LogP contribution in [0.2, 0.25) is 0 Å². The Morgan fingerprint density at radius 1 is 1.10 bits per heavy atom. The van der Waals surface area contributed by atoms with Gasteiger partial charge < -0.3 is 9.63 Å². The van der Waals surface area contributed by atoms with Crippen LogP contribution in [0.5, 0.6) is 0 Å². The summed E-state index contributed by atoms with van der Waals surface area (Å²) in [4.78, 5) is 4.65. The normalized spacial score (nSPS) is 40.4. The van der Waals surface area contributed by atoms with E-state index in [1.165, 1.54) is 32.1 Å². The van der Waals surface area contributed by atoms with Gasteiger partial charge in [-0.3, -0.25) is 0 Å². The zero-order valence-electron chi connectivity index (χ0n) is 12.0. The van der Waals surface area contributed by atoms with Crippen molar-refractivity contribution >= 4 is 0 Å². The summed E-state index contributed by atoms with van der Waals surface area (Å²) in [6, 6.07) is 0. The summed E-state index contributed by atoms with van der Waals surface area (Å²) in [5.41, 5.74) is 0. The molecule has 1 aromatic rings. The second kappa shape index (κ2) is 5.14. The summed E-state index contributed by atoms with van der Waals surface area (Å²) in [5, 5.41) is 14.3. The molecule has 0 spiro atoms. The lowest BCUT2D eigenvalue weighted by Gasteiger charge is -2.26. The minimum Gasteiger partial charge on any atom is -0.393 e. The number of fused-ring (bicyclic) bond motifs is 2. The van der Waals surface area contributed by atoms with Crippen LogP contribution in [0.3, 0.4) is 0 Å². The molecular formula is C16H24N2O2. The van der Waals surface area contributed by atoms with E-state index >= 15 is 0 Å². The third-order valence-electron chi connectivity index (χ3n) is 5.86. The molecule has 1 aromatic heterocycles. The fraction of sp³-hybridized carbons (Fsp3) is 0.875. The minimum atomic E-state index is -0.179. The van der Waals surface area contributed by atoms with E-state index < -0.39 is 0 Å². The van der Waals surface area contributed by atoms with Gasteiger partial charge in [-0.2, -0.15) is 4.98 Å². The first-order chi connectivity index (χ1) is 9.79. The molecule has 4 heteroatoms. The highest BCUT2D eigenvalue weighted by molar-refractivity contribution is 5.06. The van der Waals surface area contributed by atoms with Gasteiger partial charge >= 0.3 is 0 Å². The molecule has 3 aliphatic carbocycles. The average molecular weight is 276 g/mol. The largest absolute Gasteiger partial charge is 0.393 e. The lowest BCUT2D eigenvalue weighted by molar-refractivity contribution is 0.0657. The molecule has 3 aliphatic rings. The maximum Gasteiger partial charge on any atom is 0.227 e. The van der Waals surface area contributed by atoms with Crippen LogP contribution in [0.25, 0.3) is 0 Å². The highest BCUT2D eigenvalue weighted by Gasteiger charge is 2.42. The summed E-state index contributed by atoms with van der Waals surface area (Å²) in [5.74, 6) is 4.25. The molecule has 1 heterocycles. The maximum absolute atomic E-state index is 10.0. The number of aliphatic hydroxyl groups excluding tert-OH is 1. The predicted octanol–water partition coefficient (Wildman–Crippen LogP) is 3.07. The number of rotatable bonds is 3. The van der Waals surface area contributed by atoms with Gasteiger partial charge in [0.15, 0.2) is 5.82 Å². The molecule has 0 aromatic carbocycles. The third-order valence-corrected chi connectivity index (χ3v) is 5.86. The van der Waals surface area contributed by atoms with E-state index in [0.29, 0.717) is 11.8 Å². The van der Waals surface area contributed by atoms with E-state index in [2.05, 4.69) is 10.1 Å². The van der Waals surface area contributed by atoms with Crippen LogP contribution in [0.1, 0.15) is 69.0 Å². The Kier molecular flexibility index (Phi) is 3.29. The Morgan fingerprint density at radius 3 is 2.75 bits per heavy atom. The average Bonchev–Trinajstić information content (AvgIpc) is 3.16. The molecule has 0 amide bonds. The summed E-state index contributed by atoms with van der Waals surface area (Å²) in [6.45, 7) is 0. The number of aliphatic hydroxyl groups is 1. The number of nitrogens with zero attached hydrogens (tertiary/aromatic N) is 2. The molecule has 0 radical (unpaired) electrons. The fourth-order valence-electron chi connectivity index (χ4n) is 4.71. The van der Waals surface area contributed by atoms with Gasteiger partial charge in [0.25, 0.3) is 0 Å². The van der Waals surface area contributed by atoms with Crippen molar-refractivity contribution in [3.8, 4) is 0 Å². The van der Waals surface area contributed by atoms with Crippen molar-refractivity contribution in [1.82, 2.24) is 10.1 Å². The Morgan fingerprint density at radius 2 is 2.00 bits per heavy atom. The van der Waals surface area contributed by atoms with Crippen molar-refractivity contribution in [2.24, 2.45) is 17.8 Å². The zero-order chi connectivity index (χ0) is 13.5.